The van der Waals surface area contributed by atoms with E-state index in [1.54, 1.807) is 0 Å². The predicted molar refractivity (Wildman–Crippen MR) is 65.8 cm³/mol. The summed E-state index contributed by atoms with van der Waals surface area (Å²) in [6.07, 6.45) is 4.40. The molecular weight excluding hydrogens is 232 g/mol. The van der Waals surface area contributed by atoms with Crippen LogP contribution in [0.15, 0.2) is 0 Å². The summed E-state index contributed by atoms with van der Waals surface area (Å²) in [5, 5.41) is 0. The van der Waals surface area contributed by atoms with Crippen molar-refractivity contribution in [2.24, 2.45) is 11.7 Å². The molecule has 3 fully saturated rings. The average molecular weight is 254 g/mol. The van der Waals surface area contributed by atoms with Gasteiger partial charge in [0, 0.05) is 37.9 Å². The van der Waals surface area contributed by atoms with Gasteiger partial charge in [-0.1, -0.05) is 0 Å². The summed E-state index contributed by atoms with van der Waals surface area (Å²) < 4.78 is 11.4. The highest BCUT2D eigenvalue weighted by Gasteiger charge is 2.43. The molecule has 1 spiro atoms. The Morgan fingerprint density at radius 3 is 2.39 bits per heavy atom. The van der Waals surface area contributed by atoms with Crippen molar-refractivity contribution < 1.29 is 14.3 Å². The summed E-state index contributed by atoms with van der Waals surface area (Å²) in [5.74, 6) is 0.0718. The van der Waals surface area contributed by atoms with E-state index in [0.717, 1.165) is 45.2 Å². The van der Waals surface area contributed by atoms with Crippen molar-refractivity contribution in [1.82, 2.24) is 4.90 Å². The van der Waals surface area contributed by atoms with Crippen molar-refractivity contribution in [3.63, 3.8) is 0 Å². The van der Waals surface area contributed by atoms with Crippen LogP contribution in [0.4, 0.5) is 0 Å². The molecule has 0 aromatic heterocycles. The first-order valence-corrected chi connectivity index (χ1v) is 7.01. The van der Waals surface area contributed by atoms with Gasteiger partial charge in [-0.25, -0.2) is 0 Å². The fraction of sp³-hybridized carbons (Fsp3) is 0.923. The first kappa shape index (κ1) is 12.4. The zero-order valence-electron chi connectivity index (χ0n) is 10.8. The Bertz CT molecular complexity index is 318. The number of carbonyl (C=O) groups excluding carboxylic acids is 1. The highest BCUT2D eigenvalue weighted by atomic mass is 16.7. The zero-order chi connectivity index (χ0) is 12.6. The van der Waals surface area contributed by atoms with Gasteiger partial charge in [0.2, 0.25) is 5.91 Å². The number of nitrogens with zero attached hydrogens (tertiary/aromatic N) is 1. The lowest BCUT2D eigenvalue weighted by molar-refractivity contribution is -0.185. The van der Waals surface area contributed by atoms with Gasteiger partial charge >= 0.3 is 0 Å². The number of hydrogen-bond acceptors (Lipinski definition) is 4. The minimum atomic E-state index is -0.363. The van der Waals surface area contributed by atoms with E-state index >= 15 is 0 Å². The molecule has 0 bridgehead atoms. The number of likely N-dealkylation sites (tertiary alicyclic amines) is 1. The Morgan fingerprint density at radius 2 is 1.83 bits per heavy atom. The maximum atomic E-state index is 12.3. The quantitative estimate of drug-likeness (QED) is 0.739. The van der Waals surface area contributed by atoms with Gasteiger partial charge in [0.25, 0.3) is 0 Å². The summed E-state index contributed by atoms with van der Waals surface area (Å²) >= 11 is 0. The number of amides is 1. The van der Waals surface area contributed by atoms with Gasteiger partial charge in [-0.15, -0.1) is 0 Å². The summed E-state index contributed by atoms with van der Waals surface area (Å²) in [5.41, 5.74) is 5.85. The monoisotopic (exact) mass is 254 g/mol. The maximum absolute atomic E-state index is 12.3. The van der Waals surface area contributed by atoms with Crippen LogP contribution in [0, 0.1) is 5.92 Å². The molecule has 2 N–H and O–H groups in total. The van der Waals surface area contributed by atoms with Gasteiger partial charge in [0.15, 0.2) is 5.79 Å². The largest absolute Gasteiger partial charge is 0.348 e. The second kappa shape index (κ2) is 4.79. The molecule has 18 heavy (non-hydrogen) atoms. The van der Waals surface area contributed by atoms with Gasteiger partial charge in [-0.05, 0) is 19.3 Å². The third-order valence-electron chi connectivity index (χ3n) is 4.45. The third-order valence-corrected chi connectivity index (χ3v) is 4.45. The molecule has 0 aromatic carbocycles. The Kier molecular flexibility index (Phi) is 3.30. The van der Waals surface area contributed by atoms with Crippen LogP contribution >= 0.6 is 0 Å². The minimum absolute atomic E-state index is 0.147. The van der Waals surface area contributed by atoms with E-state index in [2.05, 4.69) is 0 Å². The van der Waals surface area contributed by atoms with Gasteiger partial charge in [0.1, 0.15) is 0 Å². The van der Waals surface area contributed by atoms with E-state index in [-0.39, 0.29) is 23.7 Å². The summed E-state index contributed by atoms with van der Waals surface area (Å²) in [6, 6.07) is 0.172. The number of ether oxygens (including phenoxy) is 2. The number of carbonyl (C=O) groups is 1. The van der Waals surface area contributed by atoms with E-state index in [0.29, 0.717) is 13.2 Å². The van der Waals surface area contributed by atoms with Gasteiger partial charge in [0.05, 0.1) is 13.2 Å². The summed E-state index contributed by atoms with van der Waals surface area (Å²) in [4.78, 5) is 14.3. The van der Waals surface area contributed by atoms with E-state index in [4.69, 9.17) is 15.2 Å². The number of nitrogens with two attached hydrogens (primary N) is 1. The molecule has 1 atom stereocenters. The van der Waals surface area contributed by atoms with E-state index in [1.807, 2.05) is 4.90 Å². The lowest BCUT2D eigenvalue weighted by atomic mass is 9.84. The molecule has 0 radical (unpaired) electrons. The van der Waals surface area contributed by atoms with E-state index < -0.39 is 0 Å². The van der Waals surface area contributed by atoms with Gasteiger partial charge in [-0.3, -0.25) is 4.79 Å². The second-order valence-electron chi connectivity index (χ2n) is 5.71. The fourth-order valence-corrected chi connectivity index (χ4v) is 3.34. The lowest BCUT2D eigenvalue weighted by Crippen LogP contribution is -2.42. The fourth-order valence-electron chi connectivity index (χ4n) is 3.34. The Balaban J connectivity index is 1.54. The van der Waals surface area contributed by atoms with Crippen molar-refractivity contribution in [2.75, 3.05) is 26.3 Å². The van der Waals surface area contributed by atoms with Crippen molar-refractivity contribution >= 4 is 5.91 Å². The lowest BCUT2D eigenvalue weighted by Gasteiger charge is -2.36. The molecule has 2 aliphatic heterocycles. The SMILES string of the molecule is NC1CCN(C(=O)C2CCC3(CC2)OCCO3)C1. The molecule has 1 unspecified atom stereocenters. The van der Waals surface area contributed by atoms with E-state index in [1.165, 1.54) is 0 Å². The van der Waals surface area contributed by atoms with Crippen LogP contribution in [0.1, 0.15) is 32.1 Å². The highest BCUT2D eigenvalue weighted by molar-refractivity contribution is 5.79. The summed E-state index contributed by atoms with van der Waals surface area (Å²) in [7, 11) is 0. The first-order valence-electron chi connectivity index (χ1n) is 7.01. The smallest absolute Gasteiger partial charge is 0.225 e. The van der Waals surface area contributed by atoms with E-state index in [9.17, 15) is 4.79 Å². The van der Waals surface area contributed by atoms with Crippen molar-refractivity contribution in [3.8, 4) is 0 Å². The first-order chi connectivity index (χ1) is 8.69. The third kappa shape index (κ3) is 2.27. The molecule has 3 rings (SSSR count). The molecule has 0 aromatic rings. The van der Waals surface area contributed by atoms with Crippen molar-refractivity contribution in [1.29, 1.82) is 0 Å². The van der Waals surface area contributed by atoms with Crippen LogP contribution in [0.2, 0.25) is 0 Å². The number of rotatable bonds is 1. The van der Waals surface area contributed by atoms with Crippen molar-refractivity contribution in [2.45, 2.75) is 43.9 Å². The Hall–Kier alpha value is -0.650. The average Bonchev–Trinajstić information content (AvgIpc) is 3.00. The van der Waals surface area contributed by atoms with Crippen LogP contribution in [0.25, 0.3) is 0 Å². The van der Waals surface area contributed by atoms with Crippen LogP contribution in [-0.2, 0) is 14.3 Å². The molecule has 1 aliphatic carbocycles. The molecule has 1 amide bonds. The predicted octanol–water partition coefficient (Wildman–Crippen LogP) is 0.479. The Labute approximate surface area is 108 Å². The standard InChI is InChI=1S/C13H22N2O3/c14-11-3-6-15(9-11)12(16)10-1-4-13(5-2-10)17-7-8-18-13/h10-11H,1-9,14H2. The van der Waals surface area contributed by atoms with Gasteiger partial charge in [-0.2, -0.15) is 0 Å². The zero-order valence-corrected chi connectivity index (χ0v) is 10.8. The van der Waals surface area contributed by atoms with Crippen LogP contribution in [0.3, 0.4) is 0 Å². The Morgan fingerprint density at radius 1 is 1.17 bits per heavy atom. The van der Waals surface area contributed by atoms with Crippen LogP contribution in [-0.4, -0.2) is 48.9 Å². The molecule has 5 nitrogen and oxygen atoms in total. The molecule has 2 heterocycles. The molecule has 102 valence electrons. The highest BCUT2D eigenvalue weighted by Crippen LogP contribution is 2.39. The molecule has 2 saturated heterocycles. The van der Waals surface area contributed by atoms with Crippen molar-refractivity contribution in [3.05, 3.63) is 0 Å². The maximum Gasteiger partial charge on any atom is 0.225 e. The van der Waals surface area contributed by atoms with Crippen LogP contribution in [0.5, 0.6) is 0 Å². The molecule has 1 saturated carbocycles. The van der Waals surface area contributed by atoms with Gasteiger partial charge < -0.3 is 20.1 Å². The topological polar surface area (TPSA) is 64.8 Å². The second-order valence-corrected chi connectivity index (χ2v) is 5.71. The minimum Gasteiger partial charge on any atom is -0.348 e. The molecule has 3 aliphatic rings. The molecular formula is C13H22N2O3. The number of hydrogen-bond donors (Lipinski definition) is 1. The van der Waals surface area contributed by atoms with Crippen LogP contribution < -0.4 is 5.73 Å². The summed E-state index contributed by atoms with van der Waals surface area (Å²) in [6.45, 7) is 2.95. The molecule has 5 heteroatoms. The normalized spacial score (nSPS) is 32.3.